The van der Waals surface area contributed by atoms with Crippen molar-refractivity contribution in [3.63, 3.8) is 0 Å². The summed E-state index contributed by atoms with van der Waals surface area (Å²) in [5.74, 6) is -0.269. The van der Waals surface area contributed by atoms with Gasteiger partial charge in [0.1, 0.15) is 10.7 Å². The van der Waals surface area contributed by atoms with Crippen molar-refractivity contribution < 1.29 is 9.72 Å². The van der Waals surface area contributed by atoms with Crippen LogP contribution in [0.25, 0.3) is 0 Å². The lowest BCUT2D eigenvalue weighted by Crippen LogP contribution is -2.25. The van der Waals surface area contributed by atoms with Crippen molar-refractivity contribution in [3.8, 4) is 0 Å². The summed E-state index contributed by atoms with van der Waals surface area (Å²) in [6.45, 7) is 8.21. The highest BCUT2D eigenvalue weighted by Crippen LogP contribution is 2.32. The van der Waals surface area contributed by atoms with Gasteiger partial charge >= 0.3 is 0 Å². The molecule has 144 valence electrons. The lowest BCUT2D eigenvalue weighted by atomic mass is 9.93. The smallest absolute Gasteiger partial charge is 0.293 e. The predicted molar refractivity (Wildman–Crippen MR) is 106 cm³/mol. The van der Waals surface area contributed by atoms with E-state index in [1.54, 1.807) is 12.1 Å². The van der Waals surface area contributed by atoms with Crippen LogP contribution in [0.15, 0.2) is 23.6 Å². The highest BCUT2D eigenvalue weighted by atomic mass is 32.1. The average molecular weight is 388 g/mol. The van der Waals surface area contributed by atoms with Crippen LogP contribution in [0.2, 0.25) is 0 Å². The van der Waals surface area contributed by atoms with E-state index in [2.05, 4.69) is 36.4 Å². The number of aromatic nitrogens is 1. The maximum Gasteiger partial charge on any atom is 0.293 e. The number of nitro groups is 1. The van der Waals surface area contributed by atoms with E-state index in [0.29, 0.717) is 11.3 Å². The first-order valence-electron chi connectivity index (χ1n) is 8.97. The molecule has 3 rings (SSSR count). The maximum absolute atomic E-state index is 12.2. The zero-order valence-electron chi connectivity index (χ0n) is 15.9. The molecule has 1 atom stereocenters. The van der Waals surface area contributed by atoms with Gasteiger partial charge < -0.3 is 10.6 Å². The van der Waals surface area contributed by atoms with Crippen molar-refractivity contribution in [2.75, 3.05) is 5.32 Å². The second-order valence-electron chi connectivity index (χ2n) is 7.92. The molecular weight excluding hydrogens is 364 g/mol. The number of amides is 1. The monoisotopic (exact) mass is 388 g/mol. The van der Waals surface area contributed by atoms with E-state index in [0.717, 1.165) is 23.5 Å². The van der Waals surface area contributed by atoms with Crippen molar-refractivity contribution in [1.29, 1.82) is 0 Å². The normalized spacial score (nSPS) is 15.3. The number of nitro benzene ring substituents is 1. The fourth-order valence-electron chi connectivity index (χ4n) is 2.57. The summed E-state index contributed by atoms with van der Waals surface area (Å²) >= 11 is 1.53. The Bertz CT molecular complexity index is 868. The Labute approximate surface area is 162 Å². The summed E-state index contributed by atoms with van der Waals surface area (Å²) in [5, 5.41) is 20.4. The van der Waals surface area contributed by atoms with Crippen LogP contribution in [0.5, 0.6) is 0 Å². The number of hydrogen-bond acceptors (Lipinski definition) is 6. The zero-order valence-corrected chi connectivity index (χ0v) is 16.7. The number of carbonyl (C=O) groups excluding carboxylic acids is 1. The number of rotatable bonds is 6. The average Bonchev–Trinajstić information content (AvgIpc) is 3.24. The number of thiazole rings is 1. The molecule has 0 saturated heterocycles. The number of benzene rings is 1. The van der Waals surface area contributed by atoms with Gasteiger partial charge in [-0.05, 0) is 31.9 Å². The summed E-state index contributed by atoms with van der Waals surface area (Å²) in [4.78, 5) is 27.9. The van der Waals surface area contributed by atoms with Crippen LogP contribution in [-0.4, -0.2) is 21.9 Å². The number of nitrogens with zero attached hydrogens (tertiary/aromatic N) is 2. The lowest BCUT2D eigenvalue weighted by Gasteiger charge is -2.16. The molecule has 1 amide bonds. The molecule has 1 fully saturated rings. The molecule has 2 aromatic rings. The van der Waals surface area contributed by atoms with E-state index in [1.165, 1.54) is 17.4 Å². The Morgan fingerprint density at radius 2 is 2.07 bits per heavy atom. The first-order chi connectivity index (χ1) is 12.6. The Morgan fingerprint density at radius 3 is 2.63 bits per heavy atom. The van der Waals surface area contributed by atoms with Crippen LogP contribution < -0.4 is 10.6 Å². The van der Waals surface area contributed by atoms with Gasteiger partial charge in [0.05, 0.1) is 16.7 Å². The minimum Gasteiger partial charge on any atom is -0.371 e. The first-order valence-corrected chi connectivity index (χ1v) is 9.85. The molecule has 1 saturated carbocycles. The zero-order chi connectivity index (χ0) is 19.8. The van der Waals surface area contributed by atoms with Gasteiger partial charge in [-0.2, -0.15) is 0 Å². The third kappa shape index (κ3) is 4.63. The summed E-state index contributed by atoms with van der Waals surface area (Å²) in [5.41, 5.74) is 1.52. The van der Waals surface area contributed by atoms with Gasteiger partial charge in [-0.15, -0.1) is 11.3 Å². The van der Waals surface area contributed by atoms with Gasteiger partial charge in [-0.25, -0.2) is 4.98 Å². The van der Waals surface area contributed by atoms with E-state index < -0.39 is 4.92 Å². The lowest BCUT2D eigenvalue weighted by molar-refractivity contribution is -0.384. The molecule has 0 spiro atoms. The molecule has 1 aromatic carbocycles. The highest BCUT2D eigenvalue weighted by molar-refractivity contribution is 7.09. The largest absolute Gasteiger partial charge is 0.371 e. The van der Waals surface area contributed by atoms with Crippen LogP contribution >= 0.6 is 11.3 Å². The second-order valence-corrected chi connectivity index (χ2v) is 8.81. The summed E-state index contributed by atoms with van der Waals surface area (Å²) < 4.78 is 0. The van der Waals surface area contributed by atoms with Gasteiger partial charge in [-0.1, -0.05) is 20.8 Å². The van der Waals surface area contributed by atoms with Crippen molar-refractivity contribution in [2.45, 2.75) is 58.0 Å². The SMILES string of the molecule is CC(Nc1ccc(C(=O)NC2CC2)cc1[N+](=O)[O-])c1nc(C(C)(C)C)cs1. The predicted octanol–water partition coefficient (Wildman–Crippen LogP) is 4.41. The van der Waals surface area contributed by atoms with Gasteiger partial charge in [0, 0.05) is 28.5 Å². The molecule has 7 nitrogen and oxygen atoms in total. The number of anilines is 1. The molecule has 1 aliphatic carbocycles. The maximum atomic E-state index is 12.2. The summed E-state index contributed by atoms with van der Waals surface area (Å²) in [6, 6.07) is 4.55. The van der Waals surface area contributed by atoms with Crippen molar-refractivity contribution in [1.82, 2.24) is 10.3 Å². The fraction of sp³-hybridized carbons (Fsp3) is 0.474. The van der Waals surface area contributed by atoms with E-state index in [1.807, 2.05) is 12.3 Å². The quantitative estimate of drug-likeness (QED) is 0.564. The number of carbonyl (C=O) groups is 1. The number of nitrogens with one attached hydrogen (secondary N) is 2. The third-order valence-corrected chi connectivity index (χ3v) is 5.43. The molecule has 0 aliphatic heterocycles. The van der Waals surface area contributed by atoms with Crippen LogP contribution in [0.3, 0.4) is 0 Å². The highest BCUT2D eigenvalue weighted by Gasteiger charge is 2.26. The second kappa shape index (κ2) is 7.26. The molecule has 1 unspecified atom stereocenters. The fourth-order valence-corrected chi connectivity index (χ4v) is 3.62. The molecule has 1 heterocycles. The van der Waals surface area contributed by atoms with Gasteiger partial charge in [0.25, 0.3) is 11.6 Å². The van der Waals surface area contributed by atoms with Crippen LogP contribution in [0.4, 0.5) is 11.4 Å². The summed E-state index contributed by atoms with van der Waals surface area (Å²) in [6.07, 6.45) is 1.94. The number of hydrogen-bond donors (Lipinski definition) is 2. The topological polar surface area (TPSA) is 97.2 Å². The third-order valence-electron chi connectivity index (χ3n) is 4.40. The molecule has 8 heteroatoms. The van der Waals surface area contributed by atoms with E-state index in [-0.39, 0.29) is 29.1 Å². The molecule has 0 bridgehead atoms. The standard InChI is InChI=1S/C19H24N4O3S/c1-11(18-22-16(10-27-18)19(2,3)4)20-14-8-5-12(9-15(14)23(25)26)17(24)21-13-6-7-13/h5,8-11,13,20H,6-7H2,1-4H3,(H,21,24). The molecule has 2 N–H and O–H groups in total. The molecular formula is C19H24N4O3S. The minimum absolute atomic E-state index is 0.0446. The van der Waals surface area contributed by atoms with Crippen molar-refractivity contribution >= 4 is 28.6 Å². The minimum atomic E-state index is -0.467. The molecule has 1 aromatic heterocycles. The Kier molecular flexibility index (Phi) is 5.19. The Balaban J connectivity index is 1.79. The van der Waals surface area contributed by atoms with E-state index >= 15 is 0 Å². The van der Waals surface area contributed by atoms with E-state index in [4.69, 9.17) is 0 Å². The first kappa shape index (κ1) is 19.3. The van der Waals surface area contributed by atoms with Crippen LogP contribution in [0, 0.1) is 10.1 Å². The molecule has 27 heavy (non-hydrogen) atoms. The Morgan fingerprint density at radius 1 is 1.37 bits per heavy atom. The van der Waals surface area contributed by atoms with Crippen LogP contribution in [-0.2, 0) is 5.41 Å². The van der Waals surface area contributed by atoms with E-state index in [9.17, 15) is 14.9 Å². The summed E-state index contributed by atoms with van der Waals surface area (Å²) in [7, 11) is 0. The molecule has 1 aliphatic rings. The molecule has 0 radical (unpaired) electrons. The van der Waals surface area contributed by atoms with Crippen molar-refractivity contribution in [2.24, 2.45) is 0 Å². The van der Waals surface area contributed by atoms with Crippen molar-refractivity contribution in [3.05, 3.63) is 50.0 Å². The van der Waals surface area contributed by atoms with Gasteiger partial charge in [-0.3, -0.25) is 14.9 Å². The van der Waals surface area contributed by atoms with Crippen LogP contribution in [0.1, 0.15) is 67.6 Å². The van der Waals surface area contributed by atoms with Gasteiger partial charge in [0.15, 0.2) is 0 Å². The Hall–Kier alpha value is -2.48. The van der Waals surface area contributed by atoms with Gasteiger partial charge in [0.2, 0.25) is 0 Å².